The summed E-state index contributed by atoms with van der Waals surface area (Å²) in [6.45, 7) is 2.56. The second-order valence-electron chi connectivity index (χ2n) is 6.93. The van der Waals surface area contributed by atoms with Gasteiger partial charge in [-0.05, 0) is 18.2 Å². The zero-order valence-corrected chi connectivity index (χ0v) is 15.3. The Morgan fingerprint density at radius 1 is 1.36 bits per heavy atom. The van der Waals surface area contributed by atoms with Crippen molar-refractivity contribution in [3.05, 3.63) is 54.0 Å². The number of carbonyl (C=O) groups is 1. The van der Waals surface area contributed by atoms with E-state index in [4.69, 9.17) is 5.73 Å². The Bertz CT molecular complexity index is 1050. The van der Waals surface area contributed by atoms with Crippen molar-refractivity contribution >= 4 is 22.6 Å². The van der Waals surface area contributed by atoms with Crippen LogP contribution in [0.4, 0.5) is 10.2 Å². The van der Waals surface area contributed by atoms with Crippen LogP contribution in [0.5, 0.6) is 0 Å². The summed E-state index contributed by atoms with van der Waals surface area (Å²) in [5.74, 6) is -0.196. The van der Waals surface area contributed by atoms with Crippen LogP contribution in [-0.4, -0.2) is 45.0 Å². The Labute approximate surface area is 161 Å². The number of pyridine rings is 2. The van der Waals surface area contributed by atoms with Gasteiger partial charge in [-0.1, -0.05) is 18.2 Å². The van der Waals surface area contributed by atoms with Gasteiger partial charge in [-0.15, -0.1) is 0 Å². The van der Waals surface area contributed by atoms with Gasteiger partial charge >= 0.3 is 0 Å². The molecule has 4 N–H and O–H groups in total. The summed E-state index contributed by atoms with van der Waals surface area (Å²) in [6, 6.07) is 9.76. The normalized spacial score (nSPS) is 16.0. The molecule has 0 aliphatic carbocycles. The first kappa shape index (κ1) is 18.3. The SMILES string of the molecule is CC(=O)NC1CN(C(O)c2cnc(N)c3nc(-c4cccc(F)c4)ccc23)C1. The summed E-state index contributed by atoms with van der Waals surface area (Å²) >= 11 is 0. The number of aliphatic hydroxyl groups excluding tert-OH is 1. The van der Waals surface area contributed by atoms with Crippen LogP contribution >= 0.6 is 0 Å². The fourth-order valence-corrected chi connectivity index (χ4v) is 3.46. The van der Waals surface area contributed by atoms with E-state index in [9.17, 15) is 14.3 Å². The number of likely N-dealkylation sites (tertiary alicyclic amines) is 1. The van der Waals surface area contributed by atoms with Gasteiger partial charge in [0.2, 0.25) is 5.91 Å². The first-order valence-electron chi connectivity index (χ1n) is 8.92. The molecule has 0 saturated carbocycles. The molecule has 8 heteroatoms. The molecule has 2 aromatic heterocycles. The number of nitrogens with one attached hydrogen (secondary N) is 1. The lowest BCUT2D eigenvalue weighted by Gasteiger charge is -2.42. The Morgan fingerprint density at radius 3 is 2.86 bits per heavy atom. The highest BCUT2D eigenvalue weighted by Gasteiger charge is 2.33. The van der Waals surface area contributed by atoms with Gasteiger partial charge in [0, 0.05) is 42.7 Å². The topological polar surface area (TPSA) is 104 Å². The van der Waals surface area contributed by atoms with Crippen LogP contribution in [0.2, 0.25) is 0 Å². The third-order valence-corrected chi connectivity index (χ3v) is 4.85. The molecule has 0 spiro atoms. The number of aliphatic hydroxyl groups is 1. The molecule has 1 atom stereocenters. The van der Waals surface area contributed by atoms with Crippen molar-refractivity contribution in [1.29, 1.82) is 0 Å². The Kier molecular flexibility index (Phi) is 4.66. The largest absolute Gasteiger partial charge is 0.382 e. The predicted molar refractivity (Wildman–Crippen MR) is 103 cm³/mol. The van der Waals surface area contributed by atoms with Gasteiger partial charge in [0.05, 0.1) is 11.7 Å². The molecule has 1 aliphatic rings. The lowest BCUT2D eigenvalue weighted by molar-refractivity contribution is -0.122. The maximum atomic E-state index is 13.5. The number of carbonyl (C=O) groups excluding carboxylic acids is 1. The Morgan fingerprint density at radius 2 is 2.14 bits per heavy atom. The first-order chi connectivity index (χ1) is 13.4. The van der Waals surface area contributed by atoms with E-state index in [-0.39, 0.29) is 23.6 Å². The van der Waals surface area contributed by atoms with Crippen LogP contribution in [0.25, 0.3) is 22.2 Å². The van der Waals surface area contributed by atoms with Gasteiger partial charge < -0.3 is 16.2 Å². The Hall–Kier alpha value is -3.10. The van der Waals surface area contributed by atoms with E-state index < -0.39 is 6.23 Å². The minimum atomic E-state index is -0.887. The molecule has 1 aliphatic heterocycles. The number of nitrogen functional groups attached to an aromatic ring is 1. The predicted octanol–water partition coefficient (Wildman–Crippen LogP) is 1.83. The second kappa shape index (κ2) is 7.14. The van der Waals surface area contributed by atoms with Crippen LogP contribution in [0.15, 0.2) is 42.6 Å². The number of anilines is 1. The van der Waals surface area contributed by atoms with Crippen LogP contribution < -0.4 is 11.1 Å². The Balaban J connectivity index is 1.65. The standard InChI is InChI=1S/C20H20FN5O2/c1-11(27)24-14-9-26(10-14)20(28)16-8-23-19(22)18-15(16)5-6-17(25-18)12-3-2-4-13(21)7-12/h2-8,14,20,28H,9-10H2,1H3,(H2,22,23)(H,24,27). The zero-order chi connectivity index (χ0) is 19.8. The van der Waals surface area contributed by atoms with E-state index in [1.54, 1.807) is 18.2 Å². The number of nitrogens with zero attached hydrogens (tertiary/aromatic N) is 3. The molecule has 1 aromatic carbocycles. The minimum absolute atomic E-state index is 0.0258. The average Bonchev–Trinajstić information content (AvgIpc) is 2.64. The molecule has 3 aromatic rings. The van der Waals surface area contributed by atoms with Gasteiger partial charge in [0.25, 0.3) is 0 Å². The van der Waals surface area contributed by atoms with Crippen LogP contribution in [0, 0.1) is 5.82 Å². The van der Waals surface area contributed by atoms with E-state index in [2.05, 4.69) is 15.3 Å². The zero-order valence-electron chi connectivity index (χ0n) is 15.3. The summed E-state index contributed by atoms with van der Waals surface area (Å²) in [7, 11) is 0. The van der Waals surface area contributed by atoms with E-state index >= 15 is 0 Å². The molecular weight excluding hydrogens is 361 g/mol. The number of benzene rings is 1. The lowest BCUT2D eigenvalue weighted by atomic mass is 10.0. The minimum Gasteiger partial charge on any atom is -0.382 e. The van der Waals surface area contributed by atoms with E-state index in [1.807, 2.05) is 11.0 Å². The molecule has 4 rings (SSSR count). The van der Waals surface area contributed by atoms with Gasteiger partial charge in [0.15, 0.2) is 0 Å². The van der Waals surface area contributed by atoms with Gasteiger partial charge in [0.1, 0.15) is 23.4 Å². The number of nitrogens with two attached hydrogens (primary N) is 1. The molecule has 7 nitrogen and oxygen atoms in total. The van der Waals surface area contributed by atoms with Crippen molar-refractivity contribution in [1.82, 2.24) is 20.2 Å². The third-order valence-electron chi connectivity index (χ3n) is 4.85. The summed E-state index contributed by atoms with van der Waals surface area (Å²) in [4.78, 5) is 21.7. The molecule has 1 saturated heterocycles. The number of amides is 1. The number of halogens is 1. The van der Waals surface area contributed by atoms with Gasteiger partial charge in [-0.3, -0.25) is 9.69 Å². The van der Waals surface area contributed by atoms with Gasteiger partial charge in [-0.2, -0.15) is 0 Å². The fourth-order valence-electron chi connectivity index (χ4n) is 3.46. The molecular formula is C20H20FN5O2. The first-order valence-corrected chi connectivity index (χ1v) is 8.92. The molecule has 1 unspecified atom stereocenters. The highest BCUT2D eigenvalue weighted by Crippen LogP contribution is 2.32. The van der Waals surface area contributed by atoms with E-state index in [0.717, 1.165) is 0 Å². The average molecular weight is 381 g/mol. The van der Waals surface area contributed by atoms with Crippen molar-refractivity contribution < 1.29 is 14.3 Å². The maximum absolute atomic E-state index is 13.5. The number of hydrogen-bond donors (Lipinski definition) is 3. The molecule has 28 heavy (non-hydrogen) atoms. The molecule has 3 heterocycles. The van der Waals surface area contributed by atoms with Crippen LogP contribution in [-0.2, 0) is 4.79 Å². The summed E-state index contributed by atoms with van der Waals surface area (Å²) < 4.78 is 13.5. The molecule has 144 valence electrons. The van der Waals surface area contributed by atoms with Crippen molar-refractivity contribution in [2.75, 3.05) is 18.8 Å². The van der Waals surface area contributed by atoms with Crippen molar-refractivity contribution in [3.63, 3.8) is 0 Å². The molecule has 1 fully saturated rings. The highest BCUT2D eigenvalue weighted by molar-refractivity contribution is 5.91. The second-order valence-corrected chi connectivity index (χ2v) is 6.93. The fraction of sp³-hybridized carbons (Fsp3) is 0.250. The monoisotopic (exact) mass is 381 g/mol. The summed E-state index contributed by atoms with van der Waals surface area (Å²) in [6.07, 6.45) is 0.653. The summed E-state index contributed by atoms with van der Waals surface area (Å²) in [5.41, 5.74) is 8.26. The van der Waals surface area contributed by atoms with Crippen LogP contribution in [0.1, 0.15) is 18.7 Å². The molecule has 1 amide bonds. The van der Waals surface area contributed by atoms with Gasteiger partial charge in [-0.25, -0.2) is 14.4 Å². The number of rotatable bonds is 4. The maximum Gasteiger partial charge on any atom is 0.217 e. The summed E-state index contributed by atoms with van der Waals surface area (Å²) in [5, 5.41) is 14.3. The quantitative estimate of drug-likeness (QED) is 0.637. The molecule has 0 bridgehead atoms. The van der Waals surface area contributed by atoms with Crippen molar-refractivity contribution in [3.8, 4) is 11.3 Å². The molecule has 0 radical (unpaired) electrons. The third kappa shape index (κ3) is 3.39. The highest BCUT2D eigenvalue weighted by atomic mass is 19.1. The lowest BCUT2D eigenvalue weighted by Crippen LogP contribution is -2.59. The van der Waals surface area contributed by atoms with E-state index in [0.29, 0.717) is 40.8 Å². The number of hydrogen-bond acceptors (Lipinski definition) is 6. The number of aromatic nitrogens is 2. The smallest absolute Gasteiger partial charge is 0.217 e. The van der Waals surface area contributed by atoms with E-state index in [1.165, 1.54) is 25.3 Å². The van der Waals surface area contributed by atoms with Crippen LogP contribution in [0.3, 0.4) is 0 Å². The number of fused-ring (bicyclic) bond motifs is 1. The van der Waals surface area contributed by atoms with Crippen molar-refractivity contribution in [2.24, 2.45) is 0 Å². The van der Waals surface area contributed by atoms with Crippen molar-refractivity contribution in [2.45, 2.75) is 19.2 Å².